The highest BCUT2D eigenvalue weighted by Gasteiger charge is 2.49. The molecule has 0 unspecified atom stereocenters. The van der Waals surface area contributed by atoms with E-state index in [1.807, 2.05) is 4.90 Å². The number of β-amino-alcohol motifs (C(OH)–C–C–N with tert-alkyl or cyclic N) is 1. The Labute approximate surface area is 245 Å². The maximum absolute atomic E-state index is 16.6. The van der Waals surface area contributed by atoms with E-state index in [-0.39, 0.29) is 52.0 Å². The second-order valence-electron chi connectivity index (χ2n) is 12.4. The first kappa shape index (κ1) is 27.7. The Bertz CT molecular complexity index is 1710. The monoisotopic (exact) mass is 600 g/mol. The second-order valence-corrected chi connectivity index (χ2v) is 12.8. The molecule has 2 aromatic heterocycles. The number of piperidine rings is 1. The zero-order valence-electron chi connectivity index (χ0n) is 23.5. The first-order chi connectivity index (χ1) is 20.1. The molecule has 3 aliphatic rings. The number of anilines is 1. The van der Waals surface area contributed by atoms with Crippen molar-refractivity contribution in [1.82, 2.24) is 25.1 Å². The smallest absolute Gasteiger partial charge is 0.319 e. The minimum atomic E-state index is -1.00. The standard InChI is InChI=1S/C30H32ClF3N6O2/c1-16-9-21-19(12-35-38-21)22(24(16)31)23-20(33)10-18-26(25(23)34)36-28(37-27(18)39-7-3-5-29(2,41)14-39)42-15-30-6-4-8-40(30)13-17(32)11-30/h9-10,12,17,41H,3-8,11,13-15H2,1-2H3,(H,35,38)/t17-,29-,30+/m1/s1. The largest absolute Gasteiger partial charge is 0.461 e. The van der Waals surface area contributed by atoms with Crippen molar-refractivity contribution in [1.29, 1.82) is 0 Å². The highest BCUT2D eigenvalue weighted by molar-refractivity contribution is 6.36. The molecule has 2 N–H and O–H groups in total. The number of aromatic nitrogens is 4. The zero-order chi connectivity index (χ0) is 29.4. The number of ether oxygens (including phenoxy) is 1. The van der Waals surface area contributed by atoms with Gasteiger partial charge in [-0.3, -0.25) is 10.00 Å². The van der Waals surface area contributed by atoms with Crippen LogP contribution in [0.1, 0.15) is 44.6 Å². The zero-order valence-corrected chi connectivity index (χ0v) is 24.2. The van der Waals surface area contributed by atoms with Crippen LogP contribution in [0, 0.1) is 18.6 Å². The summed E-state index contributed by atoms with van der Waals surface area (Å²) in [6.45, 7) is 5.58. The normalized spacial score (nSPS) is 26.5. The molecule has 8 nitrogen and oxygen atoms in total. The molecule has 3 fully saturated rings. The van der Waals surface area contributed by atoms with Gasteiger partial charge in [-0.05, 0) is 63.8 Å². The summed E-state index contributed by atoms with van der Waals surface area (Å²) in [5, 5.41) is 18.6. The first-order valence-corrected chi connectivity index (χ1v) is 14.7. The first-order valence-electron chi connectivity index (χ1n) is 14.4. The second kappa shape index (κ2) is 9.96. The Morgan fingerprint density at radius 1 is 1.14 bits per heavy atom. The van der Waals surface area contributed by atoms with Crippen LogP contribution < -0.4 is 9.64 Å². The molecule has 3 aliphatic heterocycles. The molecule has 7 rings (SSSR count). The van der Waals surface area contributed by atoms with Gasteiger partial charge in [0.15, 0.2) is 5.82 Å². The molecule has 2 aromatic carbocycles. The van der Waals surface area contributed by atoms with Gasteiger partial charge >= 0.3 is 6.01 Å². The van der Waals surface area contributed by atoms with Gasteiger partial charge in [0.2, 0.25) is 0 Å². The van der Waals surface area contributed by atoms with Gasteiger partial charge < -0.3 is 14.7 Å². The van der Waals surface area contributed by atoms with E-state index in [0.717, 1.165) is 19.4 Å². The topological polar surface area (TPSA) is 90.4 Å². The van der Waals surface area contributed by atoms with Crippen molar-refractivity contribution in [3.8, 4) is 17.1 Å². The molecule has 3 atom stereocenters. The SMILES string of the molecule is Cc1cc2[nH]ncc2c(-c2c(F)cc3c(N4CCC[C@@](C)(O)C4)nc(OC[C@@]45CCCN4C[C@H](F)C5)nc3c2F)c1Cl. The molecule has 0 amide bonds. The van der Waals surface area contributed by atoms with Crippen LogP contribution in [-0.2, 0) is 0 Å². The number of fused-ring (bicyclic) bond motifs is 3. The van der Waals surface area contributed by atoms with Crippen LogP contribution in [0.2, 0.25) is 5.02 Å². The quantitative estimate of drug-likeness (QED) is 0.303. The third-order valence-corrected chi connectivity index (χ3v) is 9.65. The molecule has 3 saturated heterocycles. The highest BCUT2D eigenvalue weighted by Crippen LogP contribution is 2.44. The van der Waals surface area contributed by atoms with Crippen molar-refractivity contribution in [2.75, 3.05) is 37.7 Å². The van der Waals surface area contributed by atoms with Crippen LogP contribution in [-0.4, -0.2) is 80.3 Å². The summed E-state index contributed by atoms with van der Waals surface area (Å²) < 4.78 is 53.2. The Hall–Kier alpha value is -3.15. The van der Waals surface area contributed by atoms with Crippen molar-refractivity contribution in [3.63, 3.8) is 0 Å². The lowest BCUT2D eigenvalue weighted by molar-refractivity contribution is 0.0447. The van der Waals surface area contributed by atoms with Crippen molar-refractivity contribution in [2.45, 2.75) is 63.3 Å². The Balaban J connectivity index is 1.39. The van der Waals surface area contributed by atoms with Crippen LogP contribution in [0.25, 0.3) is 32.9 Å². The maximum Gasteiger partial charge on any atom is 0.319 e. The Morgan fingerprint density at radius 2 is 1.95 bits per heavy atom. The number of aryl methyl sites for hydroxylation is 1. The number of rotatable bonds is 5. The Kier molecular flexibility index (Phi) is 6.56. The average Bonchev–Trinajstić information content (AvgIpc) is 3.63. The number of H-pyrrole nitrogens is 1. The third kappa shape index (κ3) is 4.48. The summed E-state index contributed by atoms with van der Waals surface area (Å²) in [4.78, 5) is 13.0. The molecule has 222 valence electrons. The minimum absolute atomic E-state index is 0.0773. The molecule has 0 bridgehead atoms. The molecule has 0 saturated carbocycles. The number of aliphatic hydroxyl groups is 1. The summed E-state index contributed by atoms with van der Waals surface area (Å²) in [7, 11) is 0. The van der Waals surface area contributed by atoms with E-state index in [9.17, 15) is 9.50 Å². The maximum atomic E-state index is 16.6. The molecular formula is C30H32ClF3N6O2. The number of alkyl halides is 1. The van der Waals surface area contributed by atoms with Gasteiger partial charge in [0.1, 0.15) is 29.9 Å². The molecule has 12 heteroatoms. The van der Waals surface area contributed by atoms with E-state index in [1.54, 1.807) is 19.9 Å². The summed E-state index contributed by atoms with van der Waals surface area (Å²) in [6.07, 6.45) is 3.92. The molecule has 4 aromatic rings. The van der Waals surface area contributed by atoms with Gasteiger partial charge in [-0.25, -0.2) is 13.2 Å². The number of halogens is 4. The number of benzene rings is 2. The van der Waals surface area contributed by atoms with Crippen molar-refractivity contribution in [3.05, 3.63) is 40.6 Å². The van der Waals surface area contributed by atoms with E-state index in [1.165, 1.54) is 12.3 Å². The molecule has 0 spiro atoms. The fourth-order valence-electron chi connectivity index (χ4n) is 7.19. The minimum Gasteiger partial charge on any atom is -0.461 e. The van der Waals surface area contributed by atoms with Crippen LogP contribution in [0.4, 0.5) is 19.0 Å². The predicted octanol–water partition coefficient (Wildman–Crippen LogP) is 5.72. The molecule has 0 aliphatic carbocycles. The Morgan fingerprint density at radius 3 is 2.76 bits per heavy atom. The fourth-order valence-corrected chi connectivity index (χ4v) is 7.44. The van der Waals surface area contributed by atoms with Crippen molar-refractivity contribution >= 4 is 39.2 Å². The van der Waals surface area contributed by atoms with Gasteiger partial charge in [0, 0.05) is 42.4 Å². The number of hydrogen-bond donors (Lipinski definition) is 2. The van der Waals surface area contributed by atoms with E-state index >= 15 is 8.78 Å². The van der Waals surface area contributed by atoms with E-state index in [0.29, 0.717) is 48.8 Å². The number of nitrogens with one attached hydrogen (secondary N) is 1. The van der Waals surface area contributed by atoms with Crippen LogP contribution in [0.3, 0.4) is 0 Å². The molecule has 42 heavy (non-hydrogen) atoms. The molecule has 0 radical (unpaired) electrons. The molecular weight excluding hydrogens is 569 g/mol. The van der Waals surface area contributed by atoms with Crippen molar-refractivity contribution in [2.24, 2.45) is 0 Å². The summed E-state index contributed by atoms with van der Waals surface area (Å²) in [5.74, 6) is -1.45. The highest BCUT2D eigenvalue weighted by atomic mass is 35.5. The number of nitrogens with zero attached hydrogens (tertiary/aromatic N) is 5. The van der Waals surface area contributed by atoms with Crippen LogP contribution >= 0.6 is 11.6 Å². The number of aromatic amines is 1. The average molecular weight is 601 g/mol. The van der Waals surface area contributed by atoms with E-state index in [2.05, 4.69) is 25.1 Å². The van der Waals surface area contributed by atoms with E-state index < -0.39 is 28.9 Å². The van der Waals surface area contributed by atoms with Gasteiger partial charge in [0.25, 0.3) is 0 Å². The van der Waals surface area contributed by atoms with Gasteiger partial charge in [-0.1, -0.05) is 11.6 Å². The lowest BCUT2D eigenvalue weighted by atomic mass is 9.94. The lowest BCUT2D eigenvalue weighted by Gasteiger charge is -2.38. The fraction of sp³-hybridized carbons (Fsp3) is 0.500. The van der Waals surface area contributed by atoms with Gasteiger partial charge in [-0.15, -0.1) is 0 Å². The van der Waals surface area contributed by atoms with Gasteiger partial charge in [0.05, 0.1) is 33.4 Å². The van der Waals surface area contributed by atoms with E-state index in [4.69, 9.17) is 16.3 Å². The summed E-state index contributed by atoms with van der Waals surface area (Å²) >= 11 is 6.66. The van der Waals surface area contributed by atoms with Crippen LogP contribution in [0.5, 0.6) is 6.01 Å². The predicted molar refractivity (Wildman–Crippen MR) is 155 cm³/mol. The number of hydrogen-bond acceptors (Lipinski definition) is 7. The third-order valence-electron chi connectivity index (χ3n) is 9.16. The summed E-state index contributed by atoms with van der Waals surface area (Å²) in [6, 6.07) is 2.92. The van der Waals surface area contributed by atoms with Crippen LogP contribution in [0.15, 0.2) is 18.3 Å². The van der Waals surface area contributed by atoms with Gasteiger partial charge in [-0.2, -0.15) is 15.1 Å². The summed E-state index contributed by atoms with van der Waals surface area (Å²) in [5.41, 5.74) is -0.492. The molecule has 5 heterocycles. The lowest BCUT2D eigenvalue weighted by Crippen LogP contribution is -2.46. The van der Waals surface area contributed by atoms with Crippen molar-refractivity contribution < 1.29 is 23.0 Å².